The summed E-state index contributed by atoms with van der Waals surface area (Å²) in [4.78, 5) is 14.4. The van der Waals surface area contributed by atoms with Crippen LogP contribution in [0.5, 0.6) is 11.5 Å². The summed E-state index contributed by atoms with van der Waals surface area (Å²) in [7, 11) is 3.29. The average Bonchev–Trinajstić information content (AvgIpc) is 3.13. The second kappa shape index (κ2) is 9.33. The second-order valence-electron chi connectivity index (χ2n) is 6.09. The first kappa shape index (κ1) is 18.3. The number of methoxy groups -OCH3 is 2. The molecule has 0 radical (unpaired) electrons. The summed E-state index contributed by atoms with van der Waals surface area (Å²) in [6.07, 6.45) is 6.43. The van der Waals surface area contributed by atoms with Gasteiger partial charge in [-0.2, -0.15) is 0 Å². The van der Waals surface area contributed by atoms with Crippen LogP contribution in [0.15, 0.2) is 30.9 Å². The zero-order valence-electron chi connectivity index (χ0n) is 14.7. The van der Waals surface area contributed by atoms with Gasteiger partial charge in [-0.25, -0.2) is 0 Å². The quantitative estimate of drug-likeness (QED) is 0.707. The Morgan fingerprint density at radius 2 is 2.08 bits per heavy atom. The number of benzene rings is 1. The van der Waals surface area contributed by atoms with E-state index in [4.69, 9.17) is 9.47 Å². The molecule has 1 aliphatic carbocycles. The lowest BCUT2D eigenvalue weighted by molar-refractivity contribution is -0.122. The fourth-order valence-corrected chi connectivity index (χ4v) is 3.31. The maximum atomic E-state index is 12.2. The van der Waals surface area contributed by atoms with Gasteiger partial charge in [-0.3, -0.25) is 9.69 Å². The van der Waals surface area contributed by atoms with Gasteiger partial charge in [0, 0.05) is 24.7 Å². The highest BCUT2D eigenvalue weighted by Crippen LogP contribution is 2.33. The summed E-state index contributed by atoms with van der Waals surface area (Å²) >= 11 is 0. The molecule has 1 N–H and O–H groups in total. The van der Waals surface area contributed by atoms with Crippen LogP contribution in [-0.2, 0) is 11.3 Å². The first-order valence-corrected chi connectivity index (χ1v) is 8.51. The van der Waals surface area contributed by atoms with E-state index in [1.165, 1.54) is 12.8 Å². The Kier molecular flexibility index (Phi) is 7.12. The number of rotatable bonds is 9. The third kappa shape index (κ3) is 4.74. The molecular weight excluding hydrogens is 304 g/mol. The van der Waals surface area contributed by atoms with Gasteiger partial charge in [0.15, 0.2) is 11.5 Å². The molecule has 1 aliphatic rings. The highest BCUT2D eigenvalue weighted by molar-refractivity contribution is 5.78. The minimum absolute atomic E-state index is 0.0312. The molecule has 1 aromatic carbocycles. The van der Waals surface area contributed by atoms with Crippen LogP contribution in [0.4, 0.5) is 0 Å². The third-order valence-electron chi connectivity index (χ3n) is 4.49. The van der Waals surface area contributed by atoms with Gasteiger partial charge in [0.2, 0.25) is 5.91 Å². The summed E-state index contributed by atoms with van der Waals surface area (Å²) in [6.45, 7) is 5.20. The van der Waals surface area contributed by atoms with Crippen molar-refractivity contribution < 1.29 is 14.3 Å². The Hall–Kier alpha value is -2.01. The number of carbonyl (C=O) groups excluding carboxylic acids is 1. The first-order chi connectivity index (χ1) is 11.7. The molecule has 5 nitrogen and oxygen atoms in total. The van der Waals surface area contributed by atoms with Crippen LogP contribution in [0.3, 0.4) is 0 Å². The molecule has 0 unspecified atom stereocenters. The molecule has 1 aromatic rings. The normalized spacial score (nSPS) is 14.6. The summed E-state index contributed by atoms with van der Waals surface area (Å²) in [5.74, 6) is 1.50. The van der Waals surface area contributed by atoms with E-state index in [9.17, 15) is 4.79 Å². The van der Waals surface area contributed by atoms with E-state index in [0.29, 0.717) is 25.7 Å². The van der Waals surface area contributed by atoms with Crippen molar-refractivity contribution in [2.45, 2.75) is 38.3 Å². The van der Waals surface area contributed by atoms with Crippen LogP contribution < -0.4 is 14.8 Å². The van der Waals surface area contributed by atoms with Gasteiger partial charge in [0.1, 0.15) is 0 Å². The van der Waals surface area contributed by atoms with Crippen molar-refractivity contribution >= 4 is 5.91 Å². The largest absolute Gasteiger partial charge is 0.493 e. The summed E-state index contributed by atoms with van der Waals surface area (Å²) in [5, 5.41) is 2.87. The van der Waals surface area contributed by atoms with E-state index < -0.39 is 0 Å². The number of para-hydroxylation sites is 1. The van der Waals surface area contributed by atoms with Gasteiger partial charge in [-0.05, 0) is 18.9 Å². The van der Waals surface area contributed by atoms with Crippen molar-refractivity contribution in [3.63, 3.8) is 0 Å². The fraction of sp³-hybridized carbons (Fsp3) is 0.526. The van der Waals surface area contributed by atoms with Gasteiger partial charge in [-0.1, -0.05) is 31.1 Å². The van der Waals surface area contributed by atoms with Crippen molar-refractivity contribution in [3.8, 4) is 11.5 Å². The van der Waals surface area contributed by atoms with E-state index in [1.807, 2.05) is 18.2 Å². The van der Waals surface area contributed by atoms with Gasteiger partial charge < -0.3 is 14.8 Å². The van der Waals surface area contributed by atoms with Crippen molar-refractivity contribution in [1.82, 2.24) is 10.2 Å². The molecule has 1 saturated carbocycles. The van der Waals surface area contributed by atoms with Crippen LogP contribution >= 0.6 is 0 Å². The number of ether oxygens (including phenoxy) is 2. The van der Waals surface area contributed by atoms with Crippen LogP contribution in [0.1, 0.15) is 31.2 Å². The van der Waals surface area contributed by atoms with Crippen LogP contribution in [0, 0.1) is 0 Å². The summed E-state index contributed by atoms with van der Waals surface area (Å²) in [6, 6.07) is 6.32. The van der Waals surface area contributed by atoms with Crippen molar-refractivity contribution in [1.29, 1.82) is 0 Å². The number of carbonyl (C=O) groups is 1. The molecule has 132 valence electrons. The average molecular weight is 332 g/mol. The Bertz CT molecular complexity index is 554. The van der Waals surface area contributed by atoms with Gasteiger partial charge >= 0.3 is 0 Å². The van der Waals surface area contributed by atoms with Crippen molar-refractivity contribution in [2.75, 3.05) is 27.3 Å². The molecule has 0 aliphatic heterocycles. The molecule has 0 spiro atoms. The van der Waals surface area contributed by atoms with Crippen molar-refractivity contribution in [3.05, 3.63) is 36.4 Å². The van der Waals surface area contributed by atoms with Crippen LogP contribution in [0.25, 0.3) is 0 Å². The molecule has 1 fully saturated rings. The van der Waals surface area contributed by atoms with Crippen LogP contribution in [-0.4, -0.2) is 44.2 Å². The van der Waals surface area contributed by atoms with Crippen molar-refractivity contribution in [2.24, 2.45) is 0 Å². The second-order valence-corrected chi connectivity index (χ2v) is 6.09. The molecule has 0 aromatic heterocycles. The Balaban J connectivity index is 2.15. The van der Waals surface area contributed by atoms with E-state index >= 15 is 0 Å². The predicted molar refractivity (Wildman–Crippen MR) is 95.4 cm³/mol. The molecule has 0 bridgehead atoms. The van der Waals surface area contributed by atoms with Gasteiger partial charge in [-0.15, -0.1) is 6.58 Å². The molecule has 2 rings (SSSR count). The number of hydrogen-bond donors (Lipinski definition) is 1. The molecule has 0 saturated heterocycles. The number of nitrogens with zero attached hydrogens (tertiary/aromatic N) is 1. The van der Waals surface area contributed by atoms with Gasteiger partial charge in [0.05, 0.1) is 20.8 Å². The zero-order chi connectivity index (χ0) is 17.4. The molecular formula is C19H28N2O3. The molecule has 0 heterocycles. The lowest BCUT2D eigenvalue weighted by Crippen LogP contribution is -2.41. The topological polar surface area (TPSA) is 50.8 Å². The number of nitrogens with one attached hydrogen (secondary N) is 1. The minimum Gasteiger partial charge on any atom is -0.493 e. The lowest BCUT2D eigenvalue weighted by atomic mass is 10.1. The standard InChI is InChI=1S/C19H28N2O3/c1-4-12-20-18(22)14-21(16-9-5-6-10-16)13-15-8-7-11-17(23-2)19(15)24-3/h4,7-8,11,16H,1,5-6,9-10,12-14H2,2-3H3,(H,20,22). The number of amides is 1. The summed E-state index contributed by atoms with van der Waals surface area (Å²) < 4.78 is 10.9. The third-order valence-corrected chi connectivity index (χ3v) is 4.49. The lowest BCUT2D eigenvalue weighted by Gasteiger charge is -2.29. The zero-order valence-corrected chi connectivity index (χ0v) is 14.7. The summed E-state index contributed by atoms with van der Waals surface area (Å²) in [5.41, 5.74) is 1.04. The first-order valence-electron chi connectivity index (χ1n) is 8.51. The Morgan fingerprint density at radius 3 is 2.71 bits per heavy atom. The molecule has 5 heteroatoms. The highest BCUT2D eigenvalue weighted by Gasteiger charge is 2.25. The number of hydrogen-bond acceptors (Lipinski definition) is 4. The van der Waals surface area contributed by atoms with E-state index in [-0.39, 0.29) is 5.91 Å². The molecule has 24 heavy (non-hydrogen) atoms. The SMILES string of the molecule is C=CCNC(=O)CN(Cc1cccc(OC)c1OC)C1CCCC1. The van der Waals surface area contributed by atoms with Gasteiger partial charge in [0.25, 0.3) is 0 Å². The fourth-order valence-electron chi connectivity index (χ4n) is 3.31. The Morgan fingerprint density at radius 1 is 1.33 bits per heavy atom. The maximum absolute atomic E-state index is 12.2. The molecule has 1 amide bonds. The van der Waals surface area contributed by atoms with E-state index in [1.54, 1.807) is 20.3 Å². The predicted octanol–water partition coefficient (Wildman–Crippen LogP) is 2.75. The maximum Gasteiger partial charge on any atom is 0.234 e. The smallest absolute Gasteiger partial charge is 0.234 e. The van der Waals surface area contributed by atoms with E-state index in [0.717, 1.165) is 29.9 Å². The Labute approximate surface area is 144 Å². The van der Waals surface area contributed by atoms with Crippen LogP contribution in [0.2, 0.25) is 0 Å². The van der Waals surface area contributed by atoms with E-state index in [2.05, 4.69) is 16.8 Å². The molecule has 0 atom stereocenters. The monoisotopic (exact) mass is 332 g/mol. The highest BCUT2D eigenvalue weighted by atomic mass is 16.5. The minimum atomic E-state index is 0.0312.